The monoisotopic (exact) mass is 246 g/mol. The minimum absolute atomic E-state index is 0.109. The molecule has 92 valence electrons. The second-order valence-electron chi connectivity index (χ2n) is 3.50. The number of rotatable bonds is 7. The molecule has 0 saturated carbocycles. The van der Waals surface area contributed by atoms with Crippen molar-refractivity contribution in [1.29, 1.82) is 0 Å². The van der Waals surface area contributed by atoms with Crippen LogP contribution in [0.5, 0.6) is 0 Å². The second kappa shape index (κ2) is 6.03. The van der Waals surface area contributed by atoms with Crippen molar-refractivity contribution in [3.8, 4) is 0 Å². The quantitative estimate of drug-likeness (QED) is 0.718. The zero-order valence-corrected chi connectivity index (χ0v) is 10.5. The molecule has 0 aliphatic rings. The minimum atomic E-state index is -3.20. The highest BCUT2D eigenvalue weighted by Gasteiger charge is 2.18. The fourth-order valence-corrected chi connectivity index (χ4v) is 2.29. The number of hydrogen-bond acceptors (Lipinski definition) is 4. The van der Waals surface area contributed by atoms with E-state index >= 15 is 0 Å². The summed E-state index contributed by atoms with van der Waals surface area (Å²) in [6, 6.07) is 3.50. The molecule has 0 bridgehead atoms. The summed E-state index contributed by atoms with van der Waals surface area (Å²) in [7, 11) is -1.64. The SMILES string of the molecule is CCNCCS(=O)(=O)N(C)Cc1ccco1. The molecular formula is C10H18N2O3S. The van der Waals surface area contributed by atoms with Crippen LogP contribution >= 0.6 is 0 Å². The molecule has 1 aromatic rings. The molecule has 0 aliphatic carbocycles. The molecule has 1 rings (SSSR count). The Balaban J connectivity index is 2.48. The Morgan fingerprint density at radius 3 is 2.81 bits per heavy atom. The molecule has 0 fully saturated rings. The van der Waals surface area contributed by atoms with Gasteiger partial charge in [0.1, 0.15) is 5.76 Å². The van der Waals surface area contributed by atoms with E-state index in [0.29, 0.717) is 12.3 Å². The number of sulfonamides is 1. The molecule has 16 heavy (non-hydrogen) atoms. The van der Waals surface area contributed by atoms with Crippen LogP contribution in [-0.2, 0) is 16.6 Å². The highest BCUT2D eigenvalue weighted by molar-refractivity contribution is 7.89. The smallest absolute Gasteiger partial charge is 0.215 e. The van der Waals surface area contributed by atoms with E-state index in [0.717, 1.165) is 6.54 Å². The van der Waals surface area contributed by atoms with E-state index in [1.54, 1.807) is 19.2 Å². The van der Waals surface area contributed by atoms with E-state index in [1.807, 2.05) is 6.92 Å². The number of nitrogens with one attached hydrogen (secondary N) is 1. The van der Waals surface area contributed by atoms with Crippen molar-refractivity contribution in [3.05, 3.63) is 24.2 Å². The van der Waals surface area contributed by atoms with Gasteiger partial charge in [-0.3, -0.25) is 0 Å². The van der Waals surface area contributed by atoms with Gasteiger partial charge in [-0.2, -0.15) is 4.31 Å². The van der Waals surface area contributed by atoms with Crippen LogP contribution in [0, 0.1) is 0 Å². The number of nitrogens with zero attached hydrogens (tertiary/aromatic N) is 1. The van der Waals surface area contributed by atoms with Crippen molar-refractivity contribution in [3.63, 3.8) is 0 Å². The third kappa shape index (κ3) is 3.96. The molecule has 0 atom stereocenters. The Kier molecular flexibility index (Phi) is 4.98. The van der Waals surface area contributed by atoms with Crippen molar-refractivity contribution in [2.75, 3.05) is 25.9 Å². The lowest BCUT2D eigenvalue weighted by molar-refractivity contribution is 0.406. The van der Waals surface area contributed by atoms with Gasteiger partial charge in [-0.15, -0.1) is 0 Å². The van der Waals surface area contributed by atoms with Crippen LogP contribution in [0.4, 0.5) is 0 Å². The van der Waals surface area contributed by atoms with Gasteiger partial charge in [0.2, 0.25) is 10.0 Å². The maximum Gasteiger partial charge on any atom is 0.215 e. The molecule has 0 amide bonds. The fourth-order valence-electron chi connectivity index (χ4n) is 1.25. The van der Waals surface area contributed by atoms with Gasteiger partial charge in [0.25, 0.3) is 0 Å². The second-order valence-corrected chi connectivity index (χ2v) is 5.70. The summed E-state index contributed by atoms with van der Waals surface area (Å²) in [4.78, 5) is 0. The molecule has 0 saturated heterocycles. The van der Waals surface area contributed by atoms with E-state index < -0.39 is 10.0 Å². The largest absolute Gasteiger partial charge is 0.468 e. The van der Waals surface area contributed by atoms with Gasteiger partial charge in [-0.25, -0.2) is 8.42 Å². The Bertz CT molecular complexity index is 386. The van der Waals surface area contributed by atoms with Gasteiger partial charge in [0, 0.05) is 13.6 Å². The molecule has 0 aromatic carbocycles. The van der Waals surface area contributed by atoms with Gasteiger partial charge < -0.3 is 9.73 Å². The summed E-state index contributed by atoms with van der Waals surface area (Å²) in [6.07, 6.45) is 1.54. The maximum absolute atomic E-state index is 11.8. The van der Waals surface area contributed by atoms with Gasteiger partial charge in [-0.05, 0) is 18.7 Å². The summed E-state index contributed by atoms with van der Waals surface area (Å²) in [5.74, 6) is 0.757. The van der Waals surface area contributed by atoms with Crippen LogP contribution < -0.4 is 5.32 Å². The third-order valence-corrected chi connectivity index (χ3v) is 4.02. The van der Waals surface area contributed by atoms with Crippen LogP contribution in [0.1, 0.15) is 12.7 Å². The number of furan rings is 1. The molecule has 6 heteroatoms. The maximum atomic E-state index is 11.8. The van der Waals surface area contributed by atoms with Gasteiger partial charge in [0.05, 0.1) is 18.6 Å². The predicted octanol–water partition coefficient (Wildman–Crippen LogP) is 0.651. The van der Waals surface area contributed by atoms with E-state index in [2.05, 4.69) is 5.32 Å². The summed E-state index contributed by atoms with van der Waals surface area (Å²) in [5.41, 5.74) is 0. The van der Waals surface area contributed by atoms with E-state index in [9.17, 15) is 8.42 Å². The number of hydrogen-bond donors (Lipinski definition) is 1. The Morgan fingerprint density at radius 2 is 2.25 bits per heavy atom. The van der Waals surface area contributed by atoms with Crippen molar-refractivity contribution in [2.24, 2.45) is 0 Å². The van der Waals surface area contributed by atoms with Crippen LogP contribution in [0.2, 0.25) is 0 Å². The van der Waals surface area contributed by atoms with Gasteiger partial charge in [-0.1, -0.05) is 6.92 Å². The molecule has 0 radical (unpaired) electrons. The average Bonchev–Trinajstić information content (AvgIpc) is 2.70. The van der Waals surface area contributed by atoms with Crippen LogP contribution in [0.3, 0.4) is 0 Å². The normalized spacial score (nSPS) is 12.2. The molecule has 1 heterocycles. The van der Waals surface area contributed by atoms with Crippen molar-refractivity contribution in [1.82, 2.24) is 9.62 Å². The lowest BCUT2D eigenvalue weighted by atomic mass is 10.4. The Morgan fingerprint density at radius 1 is 1.50 bits per heavy atom. The standard InChI is InChI=1S/C10H18N2O3S/c1-3-11-6-8-16(13,14)12(2)9-10-5-4-7-15-10/h4-5,7,11H,3,6,8-9H2,1-2H3. The van der Waals surface area contributed by atoms with Crippen molar-refractivity contribution >= 4 is 10.0 Å². The first-order chi connectivity index (χ1) is 7.56. The van der Waals surface area contributed by atoms with Crippen LogP contribution in [-0.4, -0.2) is 38.6 Å². The molecule has 5 nitrogen and oxygen atoms in total. The Hall–Kier alpha value is -0.850. The van der Waals surface area contributed by atoms with E-state index in [-0.39, 0.29) is 12.3 Å². The first kappa shape index (κ1) is 13.2. The summed E-state index contributed by atoms with van der Waals surface area (Å²) in [5, 5.41) is 2.99. The molecule has 0 spiro atoms. The molecule has 0 unspecified atom stereocenters. The fraction of sp³-hybridized carbons (Fsp3) is 0.600. The molecule has 1 aromatic heterocycles. The van der Waals surface area contributed by atoms with Gasteiger partial charge >= 0.3 is 0 Å². The van der Waals surface area contributed by atoms with Gasteiger partial charge in [0.15, 0.2) is 0 Å². The molecule has 0 aliphatic heterocycles. The summed E-state index contributed by atoms with van der Waals surface area (Å²) < 4.78 is 30.0. The summed E-state index contributed by atoms with van der Waals surface area (Å²) >= 11 is 0. The lowest BCUT2D eigenvalue weighted by Gasteiger charge is -2.15. The minimum Gasteiger partial charge on any atom is -0.468 e. The summed E-state index contributed by atoms with van der Waals surface area (Å²) in [6.45, 7) is 3.47. The first-order valence-electron chi connectivity index (χ1n) is 5.23. The van der Waals surface area contributed by atoms with Crippen molar-refractivity contribution < 1.29 is 12.8 Å². The predicted molar refractivity (Wildman–Crippen MR) is 62.5 cm³/mol. The Labute approximate surface area is 96.5 Å². The lowest BCUT2D eigenvalue weighted by Crippen LogP contribution is -2.33. The topological polar surface area (TPSA) is 62.6 Å². The highest BCUT2D eigenvalue weighted by atomic mass is 32.2. The first-order valence-corrected chi connectivity index (χ1v) is 6.84. The molecular weight excluding hydrogens is 228 g/mol. The van der Waals surface area contributed by atoms with E-state index in [4.69, 9.17) is 4.42 Å². The van der Waals surface area contributed by atoms with Crippen LogP contribution in [0.15, 0.2) is 22.8 Å². The average molecular weight is 246 g/mol. The van der Waals surface area contributed by atoms with E-state index in [1.165, 1.54) is 10.6 Å². The highest BCUT2D eigenvalue weighted by Crippen LogP contribution is 2.07. The third-order valence-electron chi connectivity index (χ3n) is 2.22. The van der Waals surface area contributed by atoms with Crippen LogP contribution in [0.25, 0.3) is 0 Å². The zero-order chi connectivity index (χ0) is 12.0. The zero-order valence-electron chi connectivity index (χ0n) is 9.64. The molecule has 1 N–H and O–H groups in total. The van der Waals surface area contributed by atoms with Crippen molar-refractivity contribution in [2.45, 2.75) is 13.5 Å².